The second-order valence-corrected chi connectivity index (χ2v) is 7.07. The summed E-state index contributed by atoms with van der Waals surface area (Å²) in [7, 11) is 0. The first-order valence-electron chi connectivity index (χ1n) is 9.70. The average Bonchev–Trinajstić information content (AvgIpc) is 2.75. The molecule has 0 aromatic heterocycles. The number of carbonyl (C=O) groups is 1. The zero-order valence-corrected chi connectivity index (χ0v) is 20.3. The van der Waals surface area contributed by atoms with Gasteiger partial charge in [-0.15, -0.1) is 0 Å². The van der Waals surface area contributed by atoms with Gasteiger partial charge in [-0.1, -0.05) is 65.0 Å². The molecule has 0 bridgehead atoms. The van der Waals surface area contributed by atoms with E-state index in [0.29, 0.717) is 5.56 Å². The molecule has 0 fully saturated rings. The Bertz CT molecular complexity index is 750. The van der Waals surface area contributed by atoms with E-state index >= 15 is 0 Å². The van der Waals surface area contributed by atoms with Gasteiger partial charge < -0.3 is 11.1 Å². The van der Waals surface area contributed by atoms with Crippen LogP contribution in [0, 0.1) is 22.9 Å². The zero-order chi connectivity index (χ0) is 25.9. The summed E-state index contributed by atoms with van der Waals surface area (Å²) >= 11 is 5.95. The van der Waals surface area contributed by atoms with E-state index in [-0.39, 0.29) is 18.6 Å². The van der Waals surface area contributed by atoms with Gasteiger partial charge in [0, 0.05) is 18.2 Å². The Morgan fingerprint density at radius 3 is 1.97 bits per heavy atom. The van der Waals surface area contributed by atoms with Crippen LogP contribution in [0.5, 0.6) is 0 Å². The van der Waals surface area contributed by atoms with Gasteiger partial charge in [0.25, 0.3) is 0 Å². The normalized spacial score (nSPS) is 10.7. The number of hydrogen-bond donors (Lipinski definition) is 2. The average molecular weight is 480 g/mol. The lowest BCUT2D eigenvalue weighted by Gasteiger charge is -2.16. The molecular weight excluding hydrogens is 446 g/mol. The summed E-state index contributed by atoms with van der Waals surface area (Å²) in [6, 6.07) is 1.86. The number of allylic oxidation sites excluding steroid dienone is 4. The first kappa shape index (κ1) is 34.3. The quantitative estimate of drug-likeness (QED) is 0.125. The van der Waals surface area contributed by atoms with E-state index < -0.39 is 29.2 Å². The van der Waals surface area contributed by atoms with Crippen molar-refractivity contribution < 1.29 is 22.4 Å². The smallest absolute Gasteiger partial charge is 0.304 e. The summed E-state index contributed by atoms with van der Waals surface area (Å²) in [5.74, 6) is -5.89. The van der Waals surface area contributed by atoms with Crippen LogP contribution >= 0.6 is 11.6 Å². The van der Waals surface area contributed by atoms with Gasteiger partial charge in [0.2, 0.25) is 0 Å². The highest BCUT2D eigenvalue weighted by Crippen LogP contribution is 2.28. The molecule has 0 aliphatic carbocycles. The number of benzene rings is 1. The van der Waals surface area contributed by atoms with Gasteiger partial charge in [-0.3, -0.25) is 4.79 Å². The molecule has 0 saturated heterocycles. The van der Waals surface area contributed by atoms with Crippen molar-refractivity contribution >= 4 is 24.2 Å². The molecule has 1 aromatic carbocycles. The third-order valence-corrected chi connectivity index (χ3v) is 3.74. The zero-order valence-electron chi connectivity index (χ0n) is 19.5. The highest BCUT2D eigenvalue weighted by atomic mass is 35.5. The molecule has 0 saturated carbocycles. The van der Waals surface area contributed by atoms with Gasteiger partial charge in [0.05, 0.1) is 0 Å². The lowest BCUT2D eigenvalue weighted by atomic mass is 9.96. The fraction of sp³-hybridized carbons (Fsp3) is 0.391. The third kappa shape index (κ3) is 17.4. The van der Waals surface area contributed by atoms with Crippen LogP contribution in [0.25, 0.3) is 0 Å². The van der Waals surface area contributed by atoms with Crippen molar-refractivity contribution in [3.05, 3.63) is 70.8 Å². The molecule has 3 N–H and O–H groups in total. The van der Waals surface area contributed by atoms with Crippen molar-refractivity contribution in [1.29, 1.82) is 0 Å². The van der Waals surface area contributed by atoms with Crippen LogP contribution in [0.15, 0.2) is 52.8 Å². The van der Waals surface area contributed by atoms with Crippen molar-refractivity contribution in [1.82, 2.24) is 5.32 Å². The van der Waals surface area contributed by atoms with Crippen molar-refractivity contribution in [3.8, 4) is 0 Å². The number of halogens is 5. The number of carbonyl (C=O) groups excluding carboxylic acids is 1. The fourth-order valence-corrected chi connectivity index (χ4v) is 1.52. The maximum Gasteiger partial charge on any atom is 0.304 e. The van der Waals surface area contributed by atoms with E-state index in [0.717, 1.165) is 17.2 Å². The lowest BCUT2D eigenvalue weighted by Crippen LogP contribution is -2.21. The Hall–Kier alpha value is -2.29. The second-order valence-electron chi connectivity index (χ2n) is 6.66. The summed E-state index contributed by atoms with van der Waals surface area (Å²) in [6.07, 6.45) is 5.85. The summed E-state index contributed by atoms with van der Waals surface area (Å²) in [5, 5.41) is 3.55. The molecule has 182 valence electrons. The number of rotatable bonds is 5. The Balaban J connectivity index is -0.000000396. The van der Waals surface area contributed by atoms with Crippen LogP contribution in [-0.4, -0.2) is 19.3 Å². The largest absolute Gasteiger partial charge is 0.318 e. The Morgan fingerprint density at radius 2 is 1.69 bits per heavy atom. The molecule has 0 heterocycles. The second kappa shape index (κ2) is 19.4. The Kier molecular flexibility index (Phi) is 20.8. The molecule has 32 heavy (non-hydrogen) atoms. The maximum atomic E-state index is 12.6. The first-order valence-corrected chi connectivity index (χ1v) is 10.1. The van der Waals surface area contributed by atoms with E-state index in [1.54, 1.807) is 0 Å². The van der Waals surface area contributed by atoms with Gasteiger partial charge >= 0.3 is 5.91 Å². The standard InChI is InChI=1S/C9H15Cl.C8H9F3N2.C4H4FNO.C2H6/c1-5-6-7-8(10)9(2,3)4;9-6-1-5(3-13-4-12)2-7(10)8(6)11;1-3(5)4(7)6-2;1-2/h5-7H,1-4H3;1-2,13H,3-4,12H2;1-2H2;1-2H3/b6-5+,8-7+;;;. The van der Waals surface area contributed by atoms with Gasteiger partial charge in [0.15, 0.2) is 23.3 Å². The number of hydrogen-bond acceptors (Lipinski definition) is 3. The van der Waals surface area contributed by atoms with Crippen LogP contribution in [-0.2, 0) is 11.3 Å². The SMILES string of the molecule is C/C=C/C=C(/Cl)C(C)(C)C.C=NC(=O)C(=C)F.CC.NCNCc1cc(F)c(F)c(F)c1. The van der Waals surface area contributed by atoms with Crippen LogP contribution in [0.1, 0.15) is 47.1 Å². The van der Waals surface area contributed by atoms with Crippen LogP contribution in [0.2, 0.25) is 0 Å². The molecule has 1 aromatic rings. The predicted molar refractivity (Wildman–Crippen MR) is 127 cm³/mol. The molecule has 0 aliphatic heterocycles. The summed E-state index contributed by atoms with van der Waals surface area (Å²) in [6.45, 7) is 18.1. The number of amides is 1. The molecule has 4 nitrogen and oxygen atoms in total. The van der Waals surface area contributed by atoms with Crippen LogP contribution < -0.4 is 11.1 Å². The molecule has 9 heteroatoms. The van der Waals surface area contributed by atoms with E-state index in [1.165, 1.54) is 0 Å². The fourth-order valence-electron chi connectivity index (χ4n) is 1.44. The first-order chi connectivity index (χ1) is 14.8. The van der Waals surface area contributed by atoms with E-state index in [1.807, 2.05) is 39.0 Å². The minimum Gasteiger partial charge on any atom is -0.318 e. The molecule has 0 spiro atoms. The molecule has 0 unspecified atom stereocenters. The lowest BCUT2D eigenvalue weighted by molar-refractivity contribution is -0.115. The molecule has 0 atom stereocenters. The number of nitrogens with zero attached hydrogens (tertiary/aromatic N) is 1. The minimum absolute atomic E-state index is 0.0844. The van der Waals surface area contributed by atoms with Crippen LogP contribution in [0.4, 0.5) is 17.6 Å². The summed E-state index contributed by atoms with van der Waals surface area (Å²) in [5.41, 5.74) is 5.52. The van der Waals surface area contributed by atoms with Crippen molar-refractivity contribution in [3.63, 3.8) is 0 Å². The molecule has 1 rings (SSSR count). The number of nitrogens with one attached hydrogen (secondary N) is 1. The van der Waals surface area contributed by atoms with E-state index in [2.05, 4.69) is 44.4 Å². The molecular formula is C23H34ClF4N3O. The Morgan fingerprint density at radius 1 is 1.22 bits per heavy atom. The summed E-state index contributed by atoms with van der Waals surface area (Å²) < 4.78 is 49.0. The van der Waals surface area contributed by atoms with Gasteiger partial charge in [0.1, 0.15) is 0 Å². The highest BCUT2D eigenvalue weighted by molar-refractivity contribution is 6.30. The highest BCUT2D eigenvalue weighted by Gasteiger charge is 2.13. The van der Waals surface area contributed by atoms with Gasteiger partial charge in [-0.2, -0.15) is 0 Å². The topological polar surface area (TPSA) is 67.5 Å². The van der Waals surface area contributed by atoms with Crippen molar-refractivity contribution in [2.45, 2.75) is 48.1 Å². The monoisotopic (exact) mass is 479 g/mol. The molecule has 0 radical (unpaired) electrons. The maximum absolute atomic E-state index is 12.6. The molecule has 0 aliphatic rings. The van der Waals surface area contributed by atoms with Gasteiger partial charge in [-0.05, 0) is 42.8 Å². The number of nitrogens with two attached hydrogens (primary N) is 1. The minimum atomic E-state index is -1.45. The van der Waals surface area contributed by atoms with E-state index in [9.17, 15) is 22.4 Å². The van der Waals surface area contributed by atoms with Crippen LogP contribution in [0.3, 0.4) is 0 Å². The van der Waals surface area contributed by atoms with Crippen molar-refractivity contribution in [2.75, 3.05) is 6.67 Å². The van der Waals surface area contributed by atoms with Crippen molar-refractivity contribution in [2.24, 2.45) is 16.1 Å². The third-order valence-electron chi connectivity index (χ3n) is 3.04. The predicted octanol–water partition coefficient (Wildman–Crippen LogP) is 6.56. The van der Waals surface area contributed by atoms with E-state index in [4.69, 9.17) is 17.3 Å². The molecule has 1 amide bonds. The summed E-state index contributed by atoms with van der Waals surface area (Å²) in [4.78, 5) is 12.5. The number of aliphatic imine (C=N–C) groups is 1. The Labute approximate surface area is 193 Å². The van der Waals surface area contributed by atoms with Gasteiger partial charge in [-0.25, -0.2) is 22.6 Å².